The van der Waals surface area contributed by atoms with Crippen molar-refractivity contribution < 1.29 is 14.6 Å². The van der Waals surface area contributed by atoms with Crippen molar-refractivity contribution in [2.45, 2.75) is 39.9 Å². The number of aliphatic hydroxyl groups excluding tert-OH is 1. The number of aliphatic hydroxyl groups is 1. The number of carbonyl (C=O) groups is 1. The Morgan fingerprint density at radius 2 is 1.85 bits per heavy atom. The Hall–Kier alpha value is -1.35. The number of ether oxygens (including phenoxy) is 1. The summed E-state index contributed by atoms with van der Waals surface area (Å²) in [6.07, 6.45) is 0.392. The largest absolute Gasteiger partial charge is 0.461 e. The predicted molar refractivity (Wildman–Crippen MR) is 77.8 cm³/mol. The first-order valence-corrected chi connectivity index (χ1v) is 7.39. The van der Waals surface area contributed by atoms with Crippen LogP contribution in [0.5, 0.6) is 0 Å². The maximum Gasteiger partial charge on any atom is 0.309 e. The van der Waals surface area contributed by atoms with E-state index in [2.05, 4.69) is 0 Å². The van der Waals surface area contributed by atoms with Crippen LogP contribution in [0.1, 0.15) is 32.8 Å². The van der Waals surface area contributed by atoms with Gasteiger partial charge in [0.25, 0.3) is 0 Å². The quantitative estimate of drug-likeness (QED) is 0.863. The molecule has 1 aromatic carbocycles. The van der Waals surface area contributed by atoms with Crippen LogP contribution < -0.4 is 0 Å². The van der Waals surface area contributed by atoms with E-state index in [4.69, 9.17) is 4.74 Å². The lowest BCUT2D eigenvalue weighted by atomic mass is 9.68. The van der Waals surface area contributed by atoms with Crippen molar-refractivity contribution in [3.8, 4) is 0 Å². The summed E-state index contributed by atoms with van der Waals surface area (Å²) in [5, 5.41) is 10.1. The number of esters is 1. The highest BCUT2D eigenvalue weighted by Crippen LogP contribution is 2.38. The molecule has 0 heterocycles. The topological polar surface area (TPSA) is 46.5 Å². The van der Waals surface area contributed by atoms with Gasteiger partial charge in [-0.05, 0) is 29.7 Å². The van der Waals surface area contributed by atoms with Gasteiger partial charge in [-0.25, -0.2) is 0 Å². The number of rotatable bonds is 3. The molecule has 1 aromatic rings. The van der Waals surface area contributed by atoms with E-state index in [-0.39, 0.29) is 35.7 Å². The number of hydrogen-bond donors (Lipinski definition) is 1. The monoisotopic (exact) mass is 276 g/mol. The molecule has 3 unspecified atom stereocenters. The van der Waals surface area contributed by atoms with E-state index in [0.717, 1.165) is 5.56 Å². The SMILES string of the molecule is CC1C(O)[C@H](C)CC(C(=O)OCc2ccccc2)[C@H]1C. The summed E-state index contributed by atoms with van der Waals surface area (Å²) in [5.41, 5.74) is 1.01. The third-order valence-electron chi connectivity index (χ3n) is 4.74. The second-order valence-electron chi connectivity index (χ2n) is 6.12. The Bertz CT molecular complexity index is 443. The van der Waals surface area contributed by atoms with Crippen molar-refractivity contribution in [3.63, 3.8) is 0 Å². The zero-order valence-corrected chi connectivity index (χ0v) is 12.5. The molecule has 0 saturated heterocycles. The van der Waals surface area contributed by atoms with Crippen LogP contribution in [-0.4, -0.2) is 17.2 Å². The van der Waals surface area contributed by atoms with Gasteiger partial charge in [0.15, 0.2) is 0 Å². The Labute approximate surface area is 121 Å². The second kappa shape index (κ2) is 6.40. The molecule has 1 N–H and O–H groups in total. The molecule has 1 aliphatic carbocycles. The number of carbonyl (C=O) groups excluding carboxylic acids is 1. The van der Waals surface area contributed by atoms with Gasteiger partial charge in [0, 0.05) is 0 Å². The molecule has 0 amide bonds. The molecular weight excluding hydrogens is 252 g/mol. The van der Waals surface area contributed by atoms with Gasteiger partial charge in [-0.3, -0.25) is 4.79 Å². The first kappa shape index (κ1) is 15.0. The molecular formula is C17H24O3. The normalized spacial score (nSPS) is 33.7. The van der Waals surface area contributed by atoms with Crippen molar-refractivity contribution in [3.05, 3.63) is 35.9 Å². The van der Waals surface area contributed by atoms with E-state index >= 15 is 0 Å². The van der Waals surface area contributed by atoms with Gasteiger partial charge in [0.1, 0.15) is 6.61 Å². The average molecular weight is 276 g/mol. The molecule has 2 rings (SSSR count). The van der Waals surface area contributed by atoms with Crippen molar-refractivity contribution in [1.82, 2.24) is 0 Å². The van der Waals surface area contributed by atoms with Gasteiger partial charge in [-0.1, -0.05) is 51.1 Å². The molecule has 20 heavy (non-hydrogen) atoms. The van der Waals surface area contributed by atoms with Crippen molar-refractivity contribution >= 4 is 5.97 Å². The molecule has 3 heteroatoms. The van der Waals surface area contributed by atoms with Gasteiger partial charge in [-0.2, -0.15) is 0 Å². The zero-order valence-electron chi connectivity index (χ0n) is 12.5. The lowest BCUT2D eigenvalue weighted by Gasteiger charge is -2.40. The van der Waals surface area contributed by atoms with Crippen LogP contribution in [0, 0.1) is 23.7 Å². The van der Waals surface area contributed by atoms with E-state index in [1.807, 2.05) is 51.1 Å². The highest BCUT2D eigenvalue weighted by atomic mass is 16.5. The highest BCUT2D eigenvalue weighted by Gasteiger charge is 2.41. The molecule has 110 valence electrons. The first-order chi connectivity index (χ1) is 9.50. The third kappa shape index (κ3) is 3.21. The van der Waals surface area contributed by atoms with Crippen LogP contribution in [0.15, 0.2) is 30.3 Å². The van der Waals surface area contributed by atoms with Gasteiger partial charge in [0.2, 0.25) is 0 Å². The van der Waals surface area contributed by atoms with Crippen molar-refractivity contribution in [2.75, 3.05) is 0 Å². The van der Waals surface area contributed by atoms with Gasteiger partial charge < -0.3 is 9.84 Å². The fourth-order valence-electron chi connectivity index (χ4n) is 3.10. The minimum absolute atomic E-state index is 0.105. The van der Waals surface area contributed by atoms with Gasteiger partial charge >= 0.3 is 5.97 Å². The Kier molecular flexibility index (Phi) is 4.81. The van der Waals surface area contributed by atoms with E-state index in [9.17, 15) is 9.90 Å². The maximum absolute atomic E-state index is 12.3. The fourth-order valence-corrected chi connectivity index (χ4v) is 3.10. The molecule has 1 aliphatic rings. The average Bonchev–Trinajstić information content (AvgIpc) is 2.47. The van der Waals surface area contributed by atoms with E-state index in [0.29, 0.717) is 13.0 Å². The van der Waals surface area contributed by atoms with Crippen LogP contribution in [0.25, 0.3) is 0 Å². The molecule has 3 nitrogen and oxygen atoms in total. The molecule has 0 bridgehead atoms. The summed E-state index contributed by atoms with van der Waals surface area (Å²) in [5.74, 6) is 0.201. The van der Waals surface area contributed by atoms with Crippen LogP contribution in [0.3, 0.4) is 0 Å². The van der Waals surface area contributed by atoms with E-state index in [1.165, 1.54) is 0 Å². The van der Waals surface area contributed by atoms with Crippen LogP contribution in [0.4, 0.5) is 0 Å². The minimum Gasteiger partial charge on any atom is -0.461 e. The molecule has 1 saturated carbocycles. The maximum atomic E-state index is 12.3. The van der Waals surface area contributed by atoms with E-state index < -0.39 is 0 Å². The molecule has 0 spiro atoms. The molecule has 0 aliphatic heterocycles. The van der Waals surface area contributed by atoms with Gasteiger partial charge in [0.05, 0.1) is 12.0 Å². The second-order valence-corrected chi connectivity index (χ2v) is 6.12. The Morgan fingerprint density at radius 3 is 2.50 bits per heavy atom. The molecule has 5 atom stereocenters. The standard InChI is InChI=1S/C17H24O3/c1-11-9-15(12(2)13(3)16(11)18)17(19)20-10-14-7-5-4-6-8-14/h4-8,11-13,15-16,18H,9-10H2,1-3H3/t11-,12+,13?,15?,16?/m1/s1. The van der Waals surface area contributed by atoms with Crippen LogP contribution in [-0.2, 0) is 16.1 Å². The Balaban J connectivity index is 1.95. The van der Waals surface area contributed by atoms with Crippen molar-refractivity contribution in [2.24, 2.45) is 23.7 Å². The lowest BCUT2D eigenvalue weighted by molar-refractivity contribution is -0.157. The Morgan fingerprint density at radius 1 is 1.20 bits per heavy atom. The summed E-state index contributed by atoms with van der Waals surface area (Å²) in [6.45, 7) is 6.38. The zero-order chi connectivity index (χ0) is 14.7. The summed E-state index contributed by atoms with van der Waals surface area (Å²) in [4.78, 5) is 12.3. The van der Waals surface area contributed by atoms with Gasteiger partial charge in [-0.15, -0.1) is 0 Å². The van der Waals surface area contributed by atoms with Crippen LogP contribution in [0.2, 0.25) is 0 Å². The first-order valence-electron chi connectivity index (χ1n) is 7.39. The highest BCUT2D eigenvalue weighted by molar-refractivity contribution is 5.73. The summed E-state index contributed by atoms with van der Waals surface area (Å²) >= 11 is 0. The number of benzene rings is 1. The van der Waals surface area contributed by atoms with Crippen molar-refractivity contribution in [1.29, 1.82) is 0 Å². The van der Waals surface area contributed by atoms with Crippen LogP contribution >= 0.6 is 0 Å². The molecule has 1 fully saturated rings. The summed E-state index contributed by atoms with van der Waals surface area (Å²) < 4.78 is 5.45. The molecule has 0 aromatic heterocycles. The molecule has 0 radical (unpaired) electrons. The summed E-state index contributed by atoms with van der Waals surface area (Å²) in [7, 11) is 0. The number of hydrogen-bond acceptors (Lipinski definition) is 3. The minimum atomic E-state index is -0.317. The fraction of sp³-hybridized carbons (Fsp3) is 0.588. The smallest absolute Gasteiger partial charge is 0.309 e. The third-order valence-corrected chi connectivity index (χ3v) is 4.74. The summed E-state index contributed by atoms with van der Waals surface area (Å²) in [6, 6.07) is 9.72. The predicted octanol–water partition coefficient (Wildman–Crippen LogP) is 3.02. The lowest BCUT2D eigenvalue weighted by Crippen LogP contribution is -2.43. The van der Waals surface area contributed by atoms with E-state index in [1.54, 1.807) is 0 Å².